The second-order valence-corrected chi connectivity index (χ2v) is 6.66. The maximum atomic E-state index is 11.9. The van der Waals surface area contributed by atoms with Crippen molar-refractivity contribution in [3.63, 3.8) is 0 Å². The molecule has 128 valence electrons. The van der Waals surface area contributed by atoms with E-state index in [1.165, 1.54) is 22.1 Å². The van der Waals surface area contributed by atoms with Crippen LogP contribution in [0.3, 0.4) is 0 Å². The summed E-state index contributed by atoms with van der Waals surface area (Å²) in [5.74, 6) is 0.138. The molecule has 9 heteroatoms. The summed E-state index contributed by atoms with van der Waals surface area (Å²) in [5, 5.41) is 9.56. The molecule has 25 heavy (non-hydrogen) atoms. The number of thiophene rings is 1. The number of carbonyl (C=O) groups excluding carboxylic acids is 1. The first-order chi connectivity index (χ1) is 12.1. The van der Waals surface area contributed by atoms with Gasteiger partial charge in [-0.05, 0) is 41.8 Å². The molecule has 7 nitrogen and oxygen atoms in total. The lowest BCUT2D eigenvalue weighted by Crippen LogP contribution is -2.14. The van der Waals surface area contributed by atoms with Crippen LogP contribution in [0.2, 0.25) is 0 Å². The molecule has 0 bridgehead atoms. The van der Waals surface area contributed by atoms with Gasteiger partial charge in [-0.3, -0.25) is 0 Å². The predicted octanol–water partition coefficient (Wildman–Crippen LogP) is 3.22. The van der Waals surface area contributed by atoms with E-state index in [2.05, 4.69) is 26.2 Å². The number of benzene rings is 1. The lowest BCUT2D eigenvalue weighted by atomic mass is 10.3. The maximum Gasteiger partial charge on any atom is 0.385 e. The number of nitrogens with zero attached hydrogens (tertiary/aromatic N) is 3. The van der Waals surface area contributed by atoms with Crippen molar-refractivity contribution in [3.05, 3.63) is 69.1 Å². The molecule has 0 aliphatic rings. The van der Waals surface area contributed by atoms with Crippen LogP contribution in [0.4, 0.5) is 0 Å². The molecule has 2 heterocycles. The third-order valence-corrected chi connectivity index (χ3v) is 4.45. The van der Waals surface area contributed by atoms with Crippen LogP contribution in [0, 0.1) is 0 Å². The normalized spacial score (nSPS) is 11.3. The molecule has 0 amide bonds. The Morgan fingerprint density at radius 1 is 1.28 bits per heavy atom. The highest BCUT2D eigenvalue weighted by molar-refractivity contribution is 9.10. The minimum Gasteiger partial charge on any atom is -0.471 e. The Balaban J connectivity index is 1.56. The average Bonchev–Trinajstić information content (AvgIpc) is 3.30. The zero-order valence-electron chi connectivity index (χ0n) is 12.8. The van der Waals surface area contributed by atoms with E-state index in [1.54, 1.807) is 12.3 Å². The number of hydrogen-bond acceptors (Lipinski definition) is 6. The Hall–Kier alpha value is -2.65. The number of halogens is 1. The van der Waals surface area contributed by atoms with Gasteiger partial charge in [-0.25, -0.2) is 9.48 Å². The van der Waals surface area contributed by atoms with Crippen LogP contribution in [0.1, 0.15) is 15.4 Å². The Morgan fingerprint density at radius 2 is 2.08 bits per heavy atom. The van der Waals surface area contributed by atoms with Crippen molar-refractivity contribution < 1.29 is 14.4 Å². The van der Waals surface area contributed by atoms with Crippen molar-refractivity contribution >= 4 is 39.1 Å². The SMILES string of the molecule is N/C(=N\OC(=O)c1ccn(COc2ccc(Br)cc2)n1)c1cccs1. The molecule has 3 rings (SSSR count). The molecule has 0 unspecified atom stereocenters. The molecule has 0 radical (unpaired) electrons. The molecule has 0 atom stereocenters. The highest BCUT2D eigenvalue weighted by Crippen LogP contribution is 2.16. The number of ether oxygens (including phenoxy) is 1. The van der Waals surface area contributed by atoms with Crippen LogP contribution in [0.5, 0.6) is 5.75 Å². The van der Waals surface area contributed by atoms with Gasteiger partial charge in [0, 0.05) is 10.7 Å². The number of rotatable bonds is 6. The Morgan fingerprint density at radius 3 is 2.80 bits per heavy atom. The largest absolute Gasteiger partial charge is 0.471 e. The fourth-order valence-corrected chi connectivity index (χ4v) is 2.70. The summed E-state index contributed by atoms with van der Waals surface area (Å²) >= 11 is 4.76. The Bertz CT molecular complexity index is 875. The average molecular weight is 421 g/mol. The molecule has 3 aromatic rings. The molecule has 0 fully saturated rings. The highest BCUT2D eigenvalue weighted by atomic mass is 79.9. The smallest absolute Gasteiger partial charge is 0.385 e. The molecule has 1 aromatic carbocycles. The van der Waals surface area contributed by atoms with Gasteiger partial charge < -0.3 is 15.3 Å². The van der Waals surface area contributed by atoms with Gasteiger partial charge in [-0.15, -0.1) is 11.3 Å². The van der Waals surface area contributed by atoms with Crippen LogP contribution >= 0.6 is 27.3 Å². The number of carbonyl (C=O) groups is 1. The van der Waals surface area contributed by atoms with Gasteiger partial charge in [-0.2, -0.15) is 5.10 Å². The first kappa shape index (κ1) is 17.2. The predicted molar refractivity (Wildman–Crippen MR) is 97.5 cm³/mol. The minimum atomic E-state index is -0.693. The molecule has 0 aliphatic carbocycles. The standard InChI is InChI=1S/C16H13BrN4O3S/c17-11-3-5-12(6-4-11)23-10-21-8-7-13(19-21)16(22)24-20-15(18)14-2-1-9-25-14/h1-9H,10H2,(H2,18,20). The molecular weight excluding hydrogens is 408 g/mol. The summed E-state index contributed by atoms with van der Waals surface area (Å²) < 4.78 is 8.01. The molecule has 0 aliphatic heterocycles. The van der Waals surface area contributed by atoms with E-state index in [9.17, 15) is 4.79 Å². The van der Waals surface area contributed by atoms with E-state index in [4.69, 9.17) is 15.3 Å². The van der Waals surface area contributed by atoms with Crippen LogP contribution in [-0.4, -0.2) is 21.6 Å². The summed E-state index contributed by atoms with van der Waals surface area (Å²) in [6.07, 6.45) is 1.61. The van der Waals surface area contributed by atoms with E-state index >= 15 is 0 Å². The van der Waals surface area contributed by atoms with Gasteiger partial charge in [0.25, 0.3) is 0 Å². The van der Waals surface area contributed by atoms with Gasteiger partial charge in [0.05, 0.1) is 4.88 Å². The van der Waals surface area contributed by atoms with Crippen molar-refractivity contribution in [2.24, 2.45) is 10.9 Å². The summed E-state index contributed by atoms with van der Waals surface area (Å²) in [7, 11) is 0. The number of oxime groups is 1. The topological polar surface area (TPSA) is 91.7 Å². The van der Waals surface area contributed by atoms with Gasteiger partial charge in [-0.1, -0.05) is 27.2 Å². The summed E-state index contributed by atoms with van der Waals surface area (Å²) in [6.45, 7) is 0.162. The molecule has 0 spiro atoms. The van der Waals surface area contributed by atoms with Crippen LogP contribution in [0.15, 0.2) is 63.7 Å². The quantitative estimate of drug-likeness (QED) is 0.286. The number of nitrogens with two attached hydrogens (primary N) is 1. The second kappa shape index (κ2) is 7.95. The second-order valence-electron chi connectivity index (χ2n) is 4.80. The zero-order valence-corrected chi connectivity index (χ0v) is 15.2. The van der Waals surface area contributed by atoms with Crippen LogP contribution in [0.25, 0.3) is 0 Å². The fraction of sp³-hybridized carbons (Fsp3) is 0.0625. The lowest BCUT2D eigenvalue weighted by molar-refractivity contribution is 0.0507. The number of aromatic nitrogens is 2. The third-order valence-electron chi connectivity index (χ3n) is 3.03. The van der Waals surface area contributed by atoms with Gasteiger partial charge in [0.2, 0.25) is 0 Å². The Kier molecular flexibility index (Phi) is 5.46. The van der Waals surface area contributed by atoms with Gasteiger partial charge >= 0.3 is 5.97 Å². The van der Waals surface area contributed by atoms with E-state index in [-0.39, 0.29) is 18.3 Å². The molecular formula is C16H13BrN4O3S. The fourth-order valence-electron chi connectivity index (χ4n) is 1.82. The lowest BCUT2D eigenvalue weighted by Gasteiger charge is -2.05. The first-order valence-electron chi connectivity index (χ1n) is 7.12. The van der Waals surface area contributed by atoms with E-state index in [1.807, 2.05) is 35.7 Å². The van der Waals surface area contributed by atoms with Crippen molar-refractivity contribution in [1.82, 2.24) is 9.78 Å². The van der Waals surface area contributed by atoms with E-state index in [0.29, 0.717) is 5.75 Å². The Labute approximate surface area is 155 Å². The van der Waals surface area contributed by atoms with Crippen molar-refractivity contribution in [3.8, 4) is 5.75 Å². The number of hydrogen-bond donors (Lipinski definition) is 1. The van der Waals surface area contributed by atoms with Gasteiger partial charge in [0.15, 0.2) is 18.3 Å². The van der Waals surface area contributed by atoms with Crippen molar-refractivity contribution in [2.45, 2.75) is 6.73 Å². The van der Waals surface area contributed by atoms with Crippen LogP contribution in [-0.2, 0) is 11.6 Å². The maximum absolute atomic E-state index is 11.9. The third kappa shape index (κ3) is 4.68. The van der Waals surface area contributed by atoms with E-state index < -0.39 is 5.97 Å². The highest BCUT2D eigenvalue weighted by Gasteiger charge is 2.12. The monoisotopic (exact) mass is 420 g/mol. The molecule has 0 saturated carbocycles. The minimum absolute atomic E-state index is 0.113. The van der Waals surface area contributed by atoms with Crippen molar-refractivity contribution in [1.29, 1.82) is 0 Å². The van der Waals surface area contributed by atoms with Crippen molar-refractivity contribution in [2.75, 3.05) is 0 Å². The summed E-state index contributed by atoms with van der Waals surface area (Å²) in [6, 6.07) is 12.5. The zero-order chi connectivity index (χ0) is 17.6. The molecule has 2 N–H and O–H groups in total. The van der Waals surface area contributed by atoms with Gasteiger partial charge in [0.1, 0.15) is 5.75 Å². The first-order valence-corrected chi connectivity index (χ1v) is 8.79. The van der Waals surface area contributed by atoms with E-state index in [0.717, 1.165) is 9.35 Å². The summed E-state index contributed by atoms with van der Waals surface area (Å²) in [4.78, 5) is 17.5. The summed E-state index contributed by atoms with van der Waals surface area (Å²) in [5.41, 5.74) is 5.84. The molecule has 0 saturated heterocycles. The molecule has 2 aromatic heterocycles. The number of amidine groups is 1. The van der Waals surface area contributed by atoms with Crippen LogP contribution < -0.4 is 10.5 Å².